The highest BCUT2D eigenvalue weighted by Crippen LogP contribution is 2.31. The maximum absolute atomic E-state index is 9.88. The van der Waals surface area contributed by atoms with Crippen molar-refractivity contribution in [3.05, 3.63) is 51.0 Å². The number of thiazole rings is 1. The number of hydrogen-bond donors (Lipinski definition) is 2. The molecule has 108 valence electrons. The fraction of sp³-hybridized carbons (Fsp3) is 0.438. The predicted octanol–water partition coefficient (Wildman–Crippen LogP) is 2.53. The lowest BCUT2D eigenvalue weighted by Crippen LogP contribution is -2.37. The van der Waals surface area contributed by atoms with Crippen LogP contribution in [0.2, 0.25) is 0 Å². The highest BCUT2D eigenvalue weighted by molar-refractivity contribution is 7.11. The van der Waals surface area contributed by atoms with Crippen LogP contribution in [0.5, 0.6) is 0 Å². The number of benzene rings is 1. The summed E-state index contributed by atoms with van der Waals surface area (Å²) in [5.41, 5.74) is 2.45. The van der Waals surface area contributed by atoms with E-state index in [0.29, 0.717) is 6.42 Å². The standard InChI is InChI=1S/C16H21NO2S/c1-11-5-4-6-14(7-11)16(9-18,10-19)8-15-17-12(2)13(3)20-15/h4-7,18-19H,8-10H2,1-3H3. The van der Waals surface area contributed by atoms with Gasteiger partial charge in [0.25, 0.3) is 0 Å². The largest absolute Gasteiger partial charge is 0.395 e. The van der Waals surface area contributed by atoms with Crippen LogP contribution in [0.1, 0.15) is 26.7 Å². The van der Waals surface area contributed by atoms with E-state index >= 15 is 0 Å². The summed E-state index contributed by atoms with van der Waals surface area (Å²) in [6, 6.07) is 7.97. The zero-order valence-corrected chi connectivity index (χ0v) is 13.0. The molecule has 1 aromatic heterocycles. The molecule has 0 amide bonds. The van der Waals surface area contributed by atoms with Crippen LogP contribution >= 0.6 is 11.3 Å². The van der Waals surface area contributed by atoms with Gasteiger partial charge in [-0.25, -0.2) is 4.98 Å². The number of rotatable bonds is 5. The molecule has 2 rings (SSSR count). The summed E-state index contributed by atoms with van der Waals surface area (Å²) in [6.45, 7) is 5.86. The summed E-state index contributed by atoms with van der Waals surface area (Å²) in [6.07, 6.45) is 0.558. The van der Waals surface area contributed by atoms with E-state index in [1.165, 1.54) is 4.88 Å². The summed E-state index contributed by atoms with van der Waals surface area (Å²) in [5.74, 6) is 0. The summed E-state index contributed by atoms with van der Waals surface area (Å²) in [5, 5.41) is 20.7. The van der Waals surface area contributed by atoms with Gasteiger partial charge in [0.15, 0.2) is 0 Å². The predicted molar refractivity (Wildman–Crippen MR) is 82.3 cm³/mol. The quantitative estimate of drug-likeness (QED) is 0.890. The molecule has 3 nitrogen and oxygen atoms in total. The molecule has 0 unspecified atom stereocenters. The molecule has 0 radical (unpaired) electrons. The van der Waals surface area contributed by atoms with Gasteiger partial charge in [0.2, 0.25) is 0 Å². The van der Waals surface area contributed by atoms with E-state index in [9.17, 15) is 10.2 Å². The van der Waals surface area contributed by atoms with Crippen LogP contribution in [0, 0.1) is 20.8 Å². The average molecular weight is 291 g/mol. The van der Waals surface area contributed by atoms with Crippen molar-refractivity contribution in [1.82, 2.24) is 4.98 Å². The summed E-state index contributed by atoms with van der Waals surface area (Å²) in [4.78, 5) is 5.72. The molecule has 0 fully saturated rings. The number of aliphatic hydroxyl groups is 2. The first kappa shape index (κ1) is 15.2. The molecule has 0 spiro atoms. The third kappa shape index (κ3) is 2.92. The van der Waals surface area contributed by atoms with Crippen molar-refractivity contribution < 1.29 is 10.2 Å². The molecule has 0 saturated carbocycles. The lowest BCUT2D eigenvalue weighted by atomic mass is 9.78. The maximum Gasteiger partial charge on any atom is 0.0941 e. The van der Waals surface area contributed by atoms with E-state index in [2.05, 4.69) is 4.98 Å². The molecule has 0 aliphatic rings. The van der Waals surface area contributed by atoms with Crippen molar-refractivity contribution in [2.45, 2.75) is 32.6 Å². The zero-order chi connectivity index (χ0) is 14.8. The number of aryl methyl sites for hydroxylation is 3. The van der Waals surface area contributed by atoms with E-state index < -0.39 is 5.41 Å². The summed E-state index contributed by atoms with van der Waals surface area (Å²) >= 11 is 1.64. The molecule has 0 aliphatic heterocycles. The normalized spacial score (nSPS) is 11.8. The molecule has 2 aromatic rings. The van der Waals surface area contributed by atoms with Crippen LogP contribution in [0.4, 0.5) is 0 Å². The molecule has 20 heavy (non-hydrogen) atoms. The second-order valence-electron chi connectivity index (χ2n) is 5.39. The lowest BCUT2D eigenvalue weighted by molar-refractivity contribution is 0.116. The summed E-state index contributed by atoms with van der Waals surface area (Å²) < 4.78 is 0. The summed E-state index contributed by atoms with van der Waals surface area (Å²) in [7, 11) is 0. The second-order valence-corrected chi connectivity index (χ2v) is 6.68. The van der Waals surface area contributed by atoms with Crippen LogP contribution in [0.25, 0.3) is 0 Å². The smallest absolute Gasteiger partial charge is 0.0941 e. The SMILES string of the molecule is Cc1cccc(C(CO)(CO)Cc2nc(C)c(C)s2)c1. The Kier molecular flexibility index (Phi) is 4.58. The van der Waals surface area contributed by atoms with Gasteiger partial charge in [-0.3, -0.25) is 0 Å². The minimum absolute atomic E-state index is 0.0926. The van der Waals surface area contributed by atoms with E-state index in [-0.39, 0.29) is 13.2 Å². The molecule has 1 heterocycles. The number of aliphatic hydroxyl groups excluding tert-OH is 2. The minimum atomic E-state index is -0.664. The van der Waals surface area contributed by atoms with Crippen LogP contribution in [0.15, 0.2) is 24.3 Å². The van der Waals surface area contributed by atoms with Gasteiger partial charge < -0.3 is 10.2 Å². The van der Waals surface area contributed by atoms with Gasteiger partial charge in [-0.2, -0.15) is 0 Å². The van der Waals surface area contributed by atoms with Crippen molar-refractivity contribution in [1.29, 1.82) is 0 Å². The molecular weight excluding hydrogens is 270 g/mol. The monoisotopic (exact) mass is 291 g/mol. The van der Waals surface area contributed by atoms with Gasteiger partial charge >= 0.3 is 0 Å². The van der Waals surface area contributed by atoms with Gasteiger partial charge in [0.1, 0.15) is 0 Å². The first-order valence-electron chi connectivity index (χ1n) is 6.72. The molecule has 0 aliphatic carbocycles. The molecule has 0 bridgehead atoms. The Balaban J connectivity index is 2.39. The fourth-order valence-electron chi connectivity index (χ4n) is 2.33. The Morgan fingerprint density at radius 3 is 2.35 bits per heavy atom. The molecule has 4 heteroatoms. The van der Waals surface area contributed by atoms with Gasteiger partial charge in [0.05, 0.1) is 23.9 Å². The third-order valence-corrected chi connectivity index (χ3v) is 4.87. The van der Waals surface area contributed by atoms with Crippen LogP contribution < -0.4 is 0 Å². The minimum Gasteiger partial charge on any atom is -0.395 e. The second kappa shape index (κ2) is 6.04. The first-order valence-corrected chi connectivity index (χ1v) is 7.54. The molecular formula is C16H21NO2S. The molecule has 0 atom stereocenters. The number of hydrogen-bond acceptors (Lipinski definition) is 4. The highest BCUT2D eigenvalue weighted by Gasteiger charge is 2.32. The van der Waals surface area contributed by atoms with Crippen molar-refractivity contribution >= 4 is 11.3 Å². The molecule has 1 aromatic carbocycles. The Morgan fingerprint density at radius 1 is 1.15 bits per heavy atom. The van der Waals surface area contributed by atoms with Crippen LogP contribution in [-0.2, 0) is 11.8 Å². The molecule has 0 saturated heterocycles. The Labute approximate surface area is 123 Å². The van der Waals surface area contributed by atoms with Gasteiger partial charge in [0, 0.05) is 16.7 Å². The van der Waals surface area contributed by atoms with Crippen LogP contribution in [-0.4, -0.2) is 28.4 Å². The first-order chi connectivity index (χ1) is 9.50. The topological polar surface area (TPSA) is 53.4 Å². The highest BCUT2D eigenvalue weighted by atomic mass is 32.1. The molecule has 2 N–H and O–H groups in total. The lowest BCUT2D eigenvalue weighted by Gasteiger charge is -2.30. The Bertz CT molecular complexity index is 568. The van der Waals surface area contributed by atoms with Crippen LogP contribution in [0.3, 0.4) is 0 Å². The van der Waals surface area contributed by atoms with Gasteiger partial charge in [-0.15, -0.1) is 11.3 Å². The van der Waals surface area contributed by atoms with Crippen molar-refractivity contribution in [3.8, 4) is 0 Å². The van der Waals surface area contributed by atoms with Crippen molar-refractivity contribution in [2.24, 2.45) is 0 Å². The van der Waals surface area contributed by atoms with E-state index in [0.717, 1.165) is 21.8 Å². The van der Waals surface area contributed by atoms with Gasteiger partial charge in [-0.1, -0.05) is 29.8 Å². The fourth-order valence-corrected chi connectivity index (χ4v) is 3.40. The number of aromatic nitrogens is 1. The Morgan fingerprint density at radius 2 is 1.85 bits per heavy atom. The average Bonchev–Trinajstić information content (AvgIpc) is 2.75. The Hall–Kier alpha value is -1.23. The van der Waals surface area contributed by atoms with Gasteiger partial charge in [-0.05, 0) is 26.3 Å². The van der Waals surface area contributed by atoms with E-state index in [1.807, 2.05) is 45.0 Å². The zero-order valence-electron chi connectivity index (χ0n) is 12.2. The third-order valence-electron chi connectivity index (χ3n) is 3.80. The van der Waals surface area contributed by atoms with Crippen molar-refractivity contribution in [3.63, 3.8) is 0 Å². The maximum atomic E-state index is 9.88. The van der Waals surface area contributed by atoms with Crippen molar-refractivity contribution in [2.75, 3.05) is 13.2 Å². The van der Waals surface area contributed by atoms with E-state index in [4.69, 9.17) is 0 Å². The number of nitrogens with zero attached hydrogens (tertiary/aromatic N) is 1. The van der Waals surface area contributed by atoms with E-state index in [1.54, 1.807) is 11.3 Å².